The number of aromatic nitrogens is 4. The van der Waals surface area contributed by atoms with Crippen molar-refractivity contribution in [2.45, 2.75) is 32.7 Å². The number of hydrogen-bond acceptors (Lipinski definition) is 3. The topological polar surface area (TPSA) is 52.7 Å². The summed E-state index contributed by atoms with van der Waals surface area (Å²) in [6, 6.07) is 0. The third-order valence-corrected chi connectivity index (χ3v) is 2.72. The third-order valence-electron chi connectivity index (χ3n) is 2.72. The summed E-state index contributed by atoms with van der Waals surface area (Å²) in [5.41, 5.74) is 0.658. The highest BCUT2D eigenvalue weighted by Gasteiger charge is 2.07. The molecular formula is C11H16N4O. The lowest BCUT2D eigenvalue weighted by Crippen LogP contribution is -2.20. The van der Waals surface area contributed by atoms with Crippen LogP contribution in [0.15, 0.2) is 17.3 Å². The second kappa shape index (κ2) is 4.47. The van der Waals surface area contributed by atoms with Crippen molar-refractivity contribution in [1.82, 2.24) is 19.3 Å². The van der Waals surface area contributed by atoms with E-state index in [0.717, 1.165) is 25.8 Å². The van der Waals surface area contributed by atoms with E-state index in [1.807, 2.05) is 0 Å². The largest absolute Gasteiger partial charge is 0.299 e. The van der Waals surface area contributed by atoms with E-state index in [2.05, 4.69) is 17.0 Å². The molecule has 0 aliphatic heterocycles. The zero-order valence-corrected chi connectivity index (χ0v) is 9.68. The van der Waals surface area contributed by atoms with E-state index in [1.54, 1.807) is 28.8 Å². The minimum atomic E-state index is 0.00852. The summed E-state index contributed by atoms with van der Waals surface area (Å²) in [5.74, 6) is 0. The third kappa shape index (κ3) is 1.85. The molecule has 0 saturated heterocycles. The molecule has 16 heavy (non-hydrogen) atoms. The smallest absolute Gasteiger partial charge is 0.264 e. The lowest BCUT2D eigenvalue weighted by atomic mass is 10.2. The molecule has 0 saturated carbocycles. The maximum Gasteiger partial charge on any atom is 0.264 e. The molecule has 0 spiro atoms. The zero-order chi connectivity index (χ0) is 11.5. The summed E-state index contributed by atoms with van der Waals surface area (Å²) >= 11 is 0. The number of nitrogens with zero attached hydrogens (tertiary/aromatic N) is 4. The van der Waals surface area contributed by atoms with Crippen LogP contribution in [0.5, 0.6) is 0 Å². The van der Waals surface area contributed by atoms with Gasteiger partial charge in [-0.1, -0.05) is 19.8 Å². The number of aryl methyl sites for hydroxylation is 2. The molecule has 5 nitrogen and oxygen atoms in total. The van der Waals surface area contributed by atoms with Crippen LogP contribution in [0.4, 0.5) is 0 Å². The standard InChI is InChI=1S/C11H16N4O/c1-3-4-5-6-15-8-12-10-9(11(15)16)7-13-14(10)2/h7-8H,3-6H2,1-2H3. The summed E-state index contributed by atoms with van der Waals surface area (Å²) < 4.78 is 3.28. The Hall–Kier alpha value is -1.65. The Balaban J connectivity index is 2.34. The van der Waals surface area contributed by atoms with Crippen molar-refractivity contribution in [3.63, 3.8) is 0 Å². The molecule has 0 N–H and O–H groups in total. The van der Waals surface area contributed by atoms with Gasteiger partial charge in [0, 0.05) is 13.6 Å². The average Bonchev–Trinajstić information content (AvgIpc) is 2.65. The van der Waals surface area contributed by atoms with Gasteiger partial charge in [-0.2, -0.15) is 5.10 Å². The van der Waals surface area contributed by atoms with Crippen LogP contribution >= 0.6 is 0 Å². The van der Waals surface area contributed by atoms with Crippen molar-refractivity contribution in [1.29, 1.82) is 0 Å². The van der Waals surface area contributed by atoms with E-state index in [9.17, 15) is 4.79 Å². The first-order valence-corrected chi connectivity index (χ1v) is 5.61. The molecule has 0 aromatic carbocycles. The molecule has 0 aliphatic carbocycles. The van der Waals surface area contributed by atoms with E-state index < -0.39 is 0 Å². The van der Waals surface area contributed by atoms with E-state index in [1.165, 1.54) is 0 Å². The fourth-order valence-electron chi connectivity index (χ4n) is 1.76. The Morgan fingerprint density at radius 3 is 2.94 bits per heavy atom. The zero-order valence-electron chi connectivity index (χ0n) is 9.68. The second-order valence-corrected chi connectivity index (χ2v) is 3.96. The van der Waals surface area contributed by atoms with Gasteiger partial charge in [-0.25, -0.2) is 4.98 Å². The fourth-order valence-corrected chi connectivity index (χ4v) is 1.76. The molecule has 0 amide bonds. The van der Waals surface area contributed by atoms with Gasteiger partial charge in [0.2, 0.25) is 0 Å². The van der Waals surface area contributed by atoms with Gasteiger partial charge in [0.15, 0.2) is 5.65 Å². The summed E-state index contributed by atoms with van der Waals surface area (Å²) in [6.45, 7) is 2.88. The van der Waals surface area contributed by atoms with Crippen LogP contribution in [0.25, 0.3) is 11.0 Å². The summed E-state index contributed by atoms with van der Waals surface area (Å²) in [4.78, 5) is 16.2. The average molecular weight is 220 g/mol. The Morgan fingerprint density at radius 2 is 2.19 bits per heavy atom. The molecule has 2 aromatic rings. The number of fused-ring (bicyclic) bond motifs is 1. The molecule has 0 fully saturated rings. The minimum Gasteiger partial charge on any atom is -0.299 e. The summed E-state index contributed by atoms with van der Waals surface area (Å²) in [6.07, 6.45) is 6.50. The van der Waals surface area contributed by atoms with Gasteiger partial charge in [-0.05, 0) is 6.42 Å². The maximum absolute atomic E-state index is 12.0. The molecule has 0 radical (unpaired) electrons. The second-order valence-electron chi connectivity index (χ2n) is 3.96. The molecule has 2 aromatic heterocycles. The molecule has 2 heterocycles. The summed E-state index contributed by atoms with van der Waals surface area (Å²) in [7, 11) is 1.79. The normalized spacial score (nSPS) is 11.1. The van der Waals surface area contributed by atoms with Crippen molar-refractivity contribution in [3.8, 4) is 0 Å². The van der Waals surface area contributed by atoms with Crippen molar-refractivity contribution < 1.29 is 0 Å². The SMILES string of the molecule is CCCCCn1cnc2c(cnn2C)c1=O. The van der Waals surface area contributed by atoms with E-state index in [-0.39, 0.29) is 5.56 Å². The van der Waals surface area contributed by atoms with Gasteiger partial charge in [0.25, 0.3) is 5.56 Å². The van der Waals surface area contributed by atoms with E-state index in [0.29, 0.717) is 11.0 Å². The molecule has 5 heteroatoms. The van der Waals surface area contributed by atoms with Crippen LogP contribution in [0, 0.1) is 0 Å². The van der Waals surface area contributed by atoms with Crippen molar-refractivity contribution >= 4 is 11.0 Å². The maximum atomic E-state index is 12.0. The molecule has 0 aliphatic rings. The first-order valence-electron chi connectivity index (χ1n) is 5.61. The first-order chi connectivity index (χ1) is 7.74. The van der Waals surface area contributed by atoms with Crippen LogP contribution in [0.3, 0.4) is 0 Å². The lowest BCUT2D eigenvalue weighted by Gasteiger charge is -2.04. The van der Waals surface area contributed by atoms with Crippen LogP contribution < -0.4 is 5.56 Å². The van der Waals surface area contributed by atoms with Gasteiger partial charge >= 0.3 is 0 Å². The van der Waals surface area contributed by atoms with E-state index >= 15 is 0 Å². The Labute approximate surface area is 93.7 Å². The number of rotatable bonds is 4. The Morgan fingerprint density at radius 1 is 1.38 bits per heavy atom. The Kier molecular flexibility index (Phi) is 3.03. The van der Waals surface area contributed by atoms with Crippen LogP contribution in [0.2, 0.25) is 0 Å². The van der Waals surface area contributed by atoms with Gasteiger partial charge < -0.3 is 0 Å². The number of unbranched alkanes of at least 4 members (excludes halogenated alkanes) is 2. The molecule has 0 atom stereocenters. The van der Waals surface area contributed by atoms with Crippen LogP contribution in [0.1, 0.15) is 26.2 Å². The lowest BCUT2D eigenvalue weighted by molar-refractivity contribution is 0.583. The van der Waals surface area contributed by atoms with Crippen molar-refractivity contribution in [2.24, 2.45) is 7.05 Å². The quantitative estimate of drug-likeness (QED) is 0.730. The highest BCUT2D eigenvalue weighted by atomic mass is 16.1. The molecule has 0 unspecified atom stereocenters. The minimum absolute atomic E-state index is 0.00852. The Bertz CT molecular complexity index is 540. The molecular weight excluding hydrogens is 204 g/mol. The highest BCUT2D eigenvalue weighted by Crippen LogP contribution is 2.04. The fraction of sp³-hybridized carbons (Fsp3) is 0.545. The summed E-state index contributed by atoms with van der Waals surface area (Å²) in [5, 5.41) is 4.63. The van der Waals surface area contributed by atoms with Crippen LogP contribution in [-0.2, 0) is 13.6 Å². The van der Waals surface area contributed by atoms with Crippen molar-refractivity contribution in [3.05, 3.63) is 22.9 Å². The van der Waals surface area contributed by atoms with Gasteiger partial charge in [0.05, 0.1) is 12.5 Å². The van der Waals surface area contributed by atoms with Gasteiger partial charge in [-0.3, -0.25) is 14.0 Å². The molecule has 0 bridgehead atoms. The first kappa shape index (κ1) is 10.9. The monoisotopic (exact) mass is 220 g/mol. The van der Waals surface area contributed by atoms with E-state index in [4.69, 9.17) is 0 Å². The molecule has 86 valence electrons. The molecule has 2 rings (SSSR count). The van der Waals surface area contributed by atoms with Gasteiger partial charge in [0.1, 0.15) is 5.39 Å². The van der Waals surface area contributed by atoms with Crippen molar-refractivity contribution in [2.75, 3.05) is 0 Å². The number of hydrogen-bond donors (Lipinski definition) is 0. The highest BCUT2D eigenvalue weighted by molar-refractivity contribution is 5.72. The predicted molar refractivity (Wildman–Crippen MR) is 62.3 cm³/mol. The van der Waals surface area contributed by atoms with Gasteiger partial charge in [-0.15, -0.1) is 0 Å². The van der Waals surface area contributed by atoms with Crippen LogP contribution in [-0.4, -0.2) is 19.3 Å². The predicted octanol–water partition coefficient (Wildman–Crippen LogP) is 1.32.